The molecular formula is C18H11NO2S3. The summed E-state index contributed by atoms with van der Waals surface area (Å²) in [6.45, 7) is 0. The van der Waals surface area contributed by atoms with Crippen LogP contribution in [0.4, 0.5) is 5.69 Å². The normalized spacial score (nSPS) is 15.6. The number of nitrogens with zero attached hydrogens (tertiary/aromatic N) is 1. The fourth-order valence-electron chi connectivity index (χ4n) is 2.62. The van der Waals surface area contributed by atoms with Crippen molar-refractivity contribution in [3.63, 3.8) is 0 Å². The topological polar surface area (TPSA) is 43.1 Å². The van der Waals surface area contributed by atoms with E-state index in [0.29, 0.717) is 4.90 Å². The molecule has 0 fully saturated rings. The molecule has 6 heteroatoms. The van der Waals surface area contributed by atoms with Crippen LogP contribution >= 0.6 is 35.3 Å². The molecule has 0 saturated carbocycles. The van der Waals surface area contributed by atoms with Gasteiger partial charge in [-0.3, -0.25) is 10.1 Å². The highest BCUT2D eigenvalue weighted by atomic mass is 32.2. The van der Waals surface area contributed by atoms with E-state index in [4.69, 9.17) is 0 Å². The van der Waals surface area contributed by atoms with Crippen molar-refractivity contribution in [1.82, 2.24) is 0 Å². The van der Waals surface area contributed by atoms with Gasteiger partial charge >= 0.3 is 0 Å². The quantitative estimate of drug-likeness (QED) is 0.465. The van der Waals surface area contributed by atoms with Gasteiger partial charge < -0.3 is 0 Å². The Bertz CT molecular complexity index is 921. The van der Waals surface area contributed by atoms with Crippen molar-refractivity contribution >= 4 is 51.5 Å². The molecule has 2 aliphatic rings. The predicted octanol–water partition coefficient (Wildman–Crippen LogP) is 6.36. The summed E-state index contributed by atoms with van der Waals surface area (Å²) in [6, 6.07) is 15.1. The van der Waals surface area contributed by atoms with E-state index in [1.807, 2.05) is 18.2 Å². The van der Waals surface area contributed by atoms with Gasteiger partial charge in [-0.2, -0.15) is 0 Å². The van der Waals surface area contributed by atoms with Crippen LogP contribution in [0.25, 0.3) is 10.5 Å². The maximum atomic E-state index is 11.3. The minimum absolute atomic E-state index is 0.147. The van der Waals surface area contributed by atoms with Gasteiger partial charge in [-0.1, -0.05) is 71.7 Å². The zero-order valence-corrected chi connectivity index (χ0v) is 14.8. The molecule has 0 aromatic heterocycles. The first kappa shape index (κ1) is 15.6. The van der Waals surface area contributed by atoms with E-state index in [1.54, 1.807) is 41.7 Å². The number of nitro groups is 1. The van der Waals surface area contributed by atoms with Gasteiger partial charge in [0.1, 0.15) is 0 Å². The van der Waals surface area contributed by atoms with Crippen LogP contribution in [0.1, 0.15) is 11.1 Å². The number of hydrogen-bond donors (Lipinski definition) is 0. The van der Waals surface area contributed by atoms with E-state index in [0.717, 1.165) is 10.5 Å². The van der Waals surface area contributed by atoms with Crippen molar-refractivity contribution in [1.29, 1.82) is 0 Å². The molecule has 118 valence electrons. The van der Waals surface area contributed by atoms with E-state index >= 15 is 0 Å². The molecule has 4 rings (SSSR count). The SMILES string of the molecule is O=[N+]([O-])c1ccccc1SC1=CC(=C2SC=CS2)c2ccccc21. The highest BCUT2D eigenvalue weighted by molar-refractivity contribution is 8.27. The number of allylic oxidation sites excluding steroid dienone is 2. The lowest BCUT2D eigenvalue weighted by Crippen LogP contribution is -1.90. The molecule has 1 heterocycles. The van der Waals surface area contributed by atoms with Gasteiger partial charge in [0.2, 0.25) is 0 Å². The smallest absolute Gasteiger partial charge is 0.258 e. The predicted molar refractivity (Wildman–Crippen MR) is 105 cm³/mol. The standard InChI is InChI=1S/C18H11NO2S3/c20-19(21)15-7-3-4-8-16(15)24-17-11-14(18-22-9-10-23-18)12-5-1-2-6-13(12)17/h1-11H. The lowest BCUT2D eigenvalue weighted by Gasteiger charge is -2.06. The molecule has 2 aromatic rings. The fourth-order valence-corrected chi connectivity index (χ4v) is 5.55. The Hall–Kier alpha value is -1.89. The van der Waals surface area contributed by atoms with Crippen LogP contribution in [0.3, 0.4) is 0 Å². The molecule has 0 atom stereocenters. The highest BCUT2D eigenvalue weighted by Gasteiger charge is 2.24. The first-order chi connectivity index (χ1) is 11.7. The summed E-state index contributed by atoms with van der Waals surface area (Å²) in [5, 5.41) is 15.4. The molecule has 0 radical (unpaired) electrons. The van der Waals surface area contributed by atoms with E-state index in [1.165, 1.54) is 27.1 Å². The Morgan fingerprint density at radius 3 is 2.33 bits per heavy atom. The third kappa shape index (κ3) is 2.81. The second-order valence-corrected chi connectivity index (χ2v) is 8.26. The molecule has 0 spiro atoms. The van der Waals surface area contributed by atoms with Crippen molar-refractivity contribution < 1.29 is 4.92 Å². The van der Waals surface area contributed by atoms with Crippen LogP contribution < -0.4 is 0 Å². The van der Waals surface area contributed by atoms with Crippen LogP contribution in [0.15, 0.2) is 74.6 Å². The second kappa shape index (κ2) is 6.55. The van der Waals surface area contributed by atoms with Gasteiger partial charge in [0.15, 0.2) is 0 Å². The van der Waals surface area contributed by atoms with E-state index < -0.39 is 0 Å². The Kier molecular flexibility index (Phi) is 4.26. The average Bonchev–Trinajstić information content (AvgIpc) is 3.23. The third-order valence-electron chi connectivity index (χ3n) is 3.67. The minimum Gasteiger partial charge on any atom is -0.258 e. The number of thioether (sulfide) groups is 3. The Morgan fingerprint density at radius 2 is 1.58 bits per heavy atom. The van der Waals surface area contributed by atoms with Crippen LogP contribution in [-0.2, 0) is 0 Å². The van der Waals surface area contributed by atoms with Crippen LogP contribution in [0.2, 0.25) is 0 Å². The van der Waals surface area contributed by atoms with Gasteiger partial charge in [-0.05, 0) is 34.1 Å². The van der Waals surface area contributed by atoms with E-state index in [9.17, 15) is 10.1 Å². The number of rotatable bonds is 3. The van der Waals surface area contributed by atoms with Crippen molar-refractivity contribution in [3.05, 3.63) is 90.9 Å². The summed E-state index contributed by atoms with van der Waals surface area (Å²) in [5.41, 5.74) is 3.67. The lowest BCUT2D eigenvalue weighted by atomic mass is 10.1. The maximum absolute atomic E-state index is 11.3. The average molecular weight is 369 g/mol. The molecule has 0 N–H and O–H groups in total. The zero-order chi connectivity index (χ0) is 16.5. The summed E-state index contributed by atoms with van der Waals surface area (Å²) >= 11 is 4.90. The molecule has 0 bridgehead atoms. The second-order valence-electron chi connectivity index (χ2n) is 5.09. The molecule has 24 heavy (non-hydrogen) atoms. The summed E-state index contributed by atoms with van der Waals surface area (Å²) in [5.74, 6) is 0. The van der Waals surface area contributed by atoms with Gasteiger partial charge in [0, 0.05) is 16.5 Å². The minimum atomic E-state index is -0.324. The number of para-hydroxylation sites is 1. The van der Waals surface area contributed by atoms with Crippen LogP contribution in [0, 0.1) is 10.1 Å². The van der Waals surface area contributed by atoms with Gasteiger partial charge in [0.25, 0.3) is 5.69 Å². The van der Waals surface area contributed by atoms with Crippen molar-refractivity contribution in [2.75, 3.05) is 0 Å². The molecule has 1 aliphatic carbocycles. The summed E-state index contributed by atoms with van der Waals surface area (Å²) in [4.78, 5) is 12.7. The molecular weight excluding hydrogens is 358 g/mol. The van der Waals surface area contributed by atoms with Crippen molar-refractivity contribution in [2.24, 2.45) is 0 Å². The first-order valence-electron chi connectivity index (χ1n) is 7.19. The fraction of sp³-hybridized carbons (Fsp3) is 0. The summed E-state index contributed by atoms with van der Waals surface area (Å²) < 4.78 is 1.25. The van der Waals surface area contributed by atoms with Crippen molar-refractivity contribution in [3.8, 4) is 0 Å². The van der Waals surface area contributed by atoms with Crippen molar-refractivity contribution in [2.45, 2.75) is 4.90 Å². The van der Waals surface area contributed by atoms with Gasteiger partial charge in [0.05, 0.1) is 14.1 Å². The monoisotopic (exact) mass is 369 g/mol. The molecule has 0 unspecified atom stereocenters. The van der Waals surface area contributed by atoms with Crippen LogP contribution in [-0.4, -0.2) is 4.92 Å². The number of benzene rings is 2. The summed E-state index contributed by atoms with van der Waals surface area (Å²) in [6.07, 6.45) is 2.15. The van der Waals surface area contributed by atoms with Gasteiger partial charge in [-0.15, -0.1) is 0 Å². The molecule has 0 saturated heterocycles. The Morgan fingerprint density at radius 1 is 0.917 bits per heavy atom. The molecule has 1 aliphatic heterocycles. The molecule has 0 amide bonds. The number of fused-ring (bicyclic) bond motifs is 1. The number of nitro benzene ring substituents is 1. The first-order valence-corrected chi connectivity index (χ1v) is 9.77. The largest absolute Gasteiger partial charge is 0.283 e. The highest BCUT2D eigenvalue weighted by Crippen LogP contribution is 2.51. The summed E-state index contributed by atoms with van der Waals surface area (Å²) in [7, 11) is 0. The van der Waals surface area contributed by atoms with E-state index in [2.05, 4.69) is 29.0 Å². The maximum Gasteiger partial charge on any atom is 0.283 e. The Balaban J connectivity index is 1.78. The molecule has 3 nitrogen and oxygen atoms in total. The third-order valence-corrected chi connectivity index (χ3v) is 6.95. The zero-order valence-electron chi connectivity index (χ0n) is 12.3. The van der Waals surface area contributed by atoms with Crippen LogP contribution in [0.5, 0.6) is 0 Å². The number of hydrogen-bond acceptors (Lipinski definition) is 5. The van der Waals surface area contributed by atoms with E-state index in [-0.39, 0.29) is 10.6 Å². The molecule has 2 aromatic carbocycles. The van der Waals surface area contributed by atoms with Gasteiger partial charge in [-0.25, -0.2) is 0 Å². The lowest BCUT2D eigenvalue weighted by molar-refractivity contribution is -0.387. The Labute approximate surface area is 152 Å².